The third kappa shape index (κ3) is 4.97. The lowest BCUT2D eigenvalue weighted by Gasteiger charge is -2.17. The number of carbonyl (C=O) groups excluding carboxylic acids is 1. The molecule has 0 saturated carbocycles. The van der Waals surface area contributed by atoms with Crippen molar-refractivity contribution in [2.45, 2.75) is 20.3 Å². The molecule has 0 spiro atoms. The van der Waals surface area contributed by atoms with E-state index in [1.54, 1.807) is 11.9 Å². The van der Waals surface area contributed by atoms with Crippen molar-refractivity contribution in [3.63, 3.8) is 0 Å². The molecule has 1 heterocycles. The Morgan fingerprint density at radius 3 is 2.63 bits per heavy atom. The number of rotatable bonds is 7. The lowest BCUT2D eigenvalue weighted by atomic mass is 10.2. The van der Waals surface area contributed by atoms with Crippen LogP contribution in [-0.2, 0) is 11.2 Å². The first kappa shape index (κ1) is 18.7. The Balaban J connectivity index is 1.54. The van der Waals surface area contributed by atoms with Crippen LogP contribution in [0.4, 0.5) is 0 Å². The molecule has 5 nitrogen and oxygen atoms in total. The largest absolute Gasteiger partial charge is 0.492 e. The standard InChI is InChI=1S/C22H24N2O3/c1-16-8-7-11-19(14-16)26-13-12-24(3)21(25)15-20-17(2)27-22(23-20)18-9-5-4-6-10-18/h4-11,14H,12-13,15H2,1-3H3. The molecule has 0 bridgehead atoms. The summed E-state index contributed by atoms with van der Waals surface area (Å²) in [6.07, 6.45) is 0.211. The molecule has 0 aliphatic rings. The van der Waals surface area contributed by atoms with E-state index in [0.29, 0.717) is 30.5 Å². The Morgan fingerprint density at radius 2 is 1.89 bits per heavy atom. The molecule has 1 amide bonds. The number of likely N-dealkylation sites (N-methyl/N-ethyl adjacent to an activating group) is 1. The van der Waals surface area contributed by atoms with Crippen LogP contribution in [0, 0.1) is 13.8 Å². The van der Waals surface area contributed by atoms with Gasteiger partial charge in [-0.1, -0.05) is 30.3 Å². The van der Waals surface area contributed by atoms with Crippen molar-refractivity contribution in [1.82, 2.24) is 9.88 Å². The van der Waals surface area contributed by atoms with E-state index in [0.717, 1.165) is 16.9 Å². The molecule has 140 valence electrons. The molecule has 27 heavy (non-hydrogen) atoms. The van der Waals surface area contributed by atoms with Crippen LogP contribution in [0.2, 0.25) is 0 Å². The molecule has 3 aromatic rings. The molecule has 5 heteroatoms. The molecule has 0 radical (unpaired) electrons. The van der Waals surface area contributed by atoms with Gasteiger partial charge in [-0.3, -0.25) is 4.79 Å². The van der Waals surface area contributed by atoms with Gasteiger partial charge in [0.05, 0.1) is 18.7 Å². The van der Waals surface area contributed by atoms with Gasteiger partial charge < -0.3 is 14.1 Å². The van der Waals surface area contributed by atoms with E-state index in [4.69, 9.17) is 9.15 Å². The number of benzene rings is 2. The van der Waals surface area contributed by atoms with Gasteiger partial charge in [-0.05, 0) is 43.7 Å². The third-order valence-corrected chi connectivity index (χ3v) is 4.34. The summed E-state index contributed by atoms with van der Waals surface area (Å²) in [5.74, 6) is 2.02. The molecule has 0 aliphatic heterocycles. The van der Waals surface area contributed by atoms with Crippen LogP contribution in [0.25, 0.3) is 11.5 Å². The minimum absolute atomic E-state index is 0.0150. The van der Waals surface area contributed by atoms with Crippen LogP contribution in [0.3, 0.4) is 0 Å². The van der Waals surface area contributed by atoms with Crippen molar-refractivity contribution >= 4 is 5.91 Å². The Bertz CT molecular complexity index is 903. The van der Waals surface area contributed by atoms with Gasteiger partial charge in [0.25, 0.3) is 0 Å². The van der Waals surface area contributed by atoms with Crippen LogP contribution in [0.5, 0.6) is 5.75 Å². The Kier molecular flexibility index (Phi) is 5.91. The van der Waals surface area contributed by atoms with Crippen LogP contribution in [0.15, 0.2) is 59.0 Å². The van der Waals surface area contributed by atoms with Gasteiger partial charge in [-0.15, -0.1) is 0 Å². The number of hydrogen-bond acceptors (Lipinski definition) is 4. The topological polar surface area (TPSA) is 55.6 Å². The van der Waals surface area contributed by atoms with Crippen molar-refractivity contribution in [3.8, 4) is 17.2 Å². The molecule has 3 rings (SSSR count). The van der Waals surface area contributed by atoms with Crippen molar-refractivity contribution in [2.75, 3.05) is 20.2 Å². The van der Waals surface area contributed by atoms with Crippen LogP contribution in [0.1, 0.15) is 17.0 Å². The molecular formula is C22H24N2O3. The predicted octanol–water partition coefficient (Wildman–Crippen LogP) is 4.04. The maximum absolute atomic E-state index is 12.5. The average molecular weight is 364 g/mol. The number of amides is 1. The lowest BCUT2D eigenvalue weighted by molar-refractivity contribution is -0.129. The van der Waals surface area contributed by atoms with Gasteiger partial charge in [0.1, 0.15) is 18.1 Å². The van der Waals surface area contributed by atoms with Gasteiger partial charge in [-0.25, -0.2) is 4.98 Å². The molecule has 0 N–H and O–H groups in total. The molecular weight excluding hydrogens is 340 g/mol. The van der Waals surface area contributed by atoms with Crippen LogP contribution >= 0.6 is 0 Å². The highest BCUT2D eigenvalue weighted by Gasteiger charge is 2.17. The van der Waals surface area contributed by atoms with Gasteiger partial charge in [0, 0.05) is 12.6 Å². The lowest BCUT2D eigenvalue weighted by Crippen LogP contribution is -2.32. The number of ether oxygens (including phenoxy) is 1. The van der Waals surface area contributed by atoms with E-state index in [-0.39, 0.29) is 12.3 Å². The van der Waals surface area contributed by atoms with E-state index in [2.05, 4.69) is 4.98 Å². The highest BCUT2D eigenvalue weighted by atomic mass is 16.5. The summed E-state index contributed by atoms with van der Waals surface area (Å²) in [6, 6.07) is 17.5. The van der Waals surface area contributed by atoms with Gasteiger partial charge in [0.2, 0.25) is 11.8 Å². The second-order valence-electron chi connectivity index (χ2n) is 6.54. The zero-order valence-electron chi connectivity index (χ0n) is 15.9. The van der Waals surface area contributed by atoms with E-state index < -0.39 is 0 Å². The molecule has 2 aromatic carbocycles. The highest BCUT2D eigenvalue weighted by Crippen LogP contribution is 2.22. The summed E-state index contributed by atoms with van der Waals surface area (Å²) < 4.78 is 11.4. The fourth-order valence-electron chi connectivity index (χ4n) is 2.70. The summed E-state index contributed by atoms with van der Waals surface area (Å²) >= 11 is 0. The number of aryl methyl sites for hydroxylation is 2. The number of nitrogens with zero attached hydrogens (tertiary/aromatic N) is 2. The first-order valence-corrected chi connectivity index (χ1v) is 8.98. The second-order valence-corrected chi connectivity index (χ2v) is 6.54. The van der Waals surface area contributed by atoms with E-state index in [9.17, 15) is 4.79 Å². The van der Waals surface area contributed by atoms with E-state index in [1.165, 1.54) is 0 Å². The monoisotopic (exact) mass is 364 g/mol. The van der Waals surface area contributed by atoms with Gasteiger partial charge in [-0.2, -0.15) is 0 Å². The highest BCUT2D eigenvalue weighted by molar-refractivity contribution is 5.78. The van der Waals surface area contributed by atoms with Gasteiger partial charge >= 0.3 is 0 Å². The maximum atomic E-state index is 12.5. The first-order chi connectivity index (χ1) is 13.0. The minimum atomic E-state index is -0.0150. The number of aromatic nitrogens is 1. The summed E-state index contributed by atoms with van der Waals surface area (Å²) in [7, 11) is 1.77. The van der Waals surface area contributed by atoms with Crippen molar-refractivity contribution in [3.05, 3.63) is 71.6 Å². The maximum Gasteiger partial charge on any atom is 0.228 e. The van der Waals surface area contributed by atoms with Gasteiger partial charge in [0.15, 0.2) is 0 Å². The summed E-state index contributed by atoms with van der Waals surface area (Å²) in [5.41, 5.74) is 2.72. The third-order valence-electron chi connectivity index (χ3n) is 4.34. The molecule has 0 saturated heterocycles. The Hall–Kier alpha value is -3.08. The minimum Gasteiger partial charge on any atom is -0.492 e. The van der Waals surface area contributed by atoms with Crippen molar-refractivity contribution < 1.29 is 13.9 Å². The molecule has 0 aliphatic carbocycles. The molecule has 0 atom stereocenters. The quantitative estimate of drug-likeness (QED) is 0.635. The summed E-state index contributed by atoms with van der Waals surface area (Å²) in [5, 5.41) is 0. The summed E-state index contributed by atoms with van der Waals surface area (Å²) in [6.45, 7) is 4.81. The fourth-order valence-corrected chi connectivity index (χ4v) is 2.70. The Morgan fingerprint density at radius 1 is 1.11 bits per heavy atom. The summed E-state index contributed by atoms with van der Waals surface area (Å²) in [4.78, 5) is 18.6. The van der Waals surface area contributed by atoms with Crippen LogP contribution < -0.4 is 4.74 Å². The molecule has 1 aromatic heterocycles. The zero-order valence-corrected chi connectivity index (χ0v) is 15.9. The predicted molar refractivity (Wildman–Crippen MR) is 105 cm³/mol. The molecule has 0 unspecified atom stereocenters. The number of oxazole rings is 1. The fraction of sp³-hybridized carbons (Fsp3) is 0.273. The van der Waals surface area contributed by atoms with E-state index >= 15 is 0 Å². The molecule has 0 fully saturated rings. The first-order valence-electron chi connectivity index (χ1n) is 8.98. The van der Waals surface area contributed by atoms with Crippen molar-refractivity contribution in [1.29, 1.82) is 0 Å². The van der Waals surface area contributed by atoms with E-state index in [1.807, 2.05) is 68.4 Å². The second kappa shape index (κ2) is 8.54. The average Bonchev–Trinajstić information content (AvgIpc) is 3.03. The number of carbonyl (C=O) groups is 1. The zero-order chi connectivity index (χ0) is 19.2. The van der Waals surface area contributed by atoms with Crippen molar-refractivity contribution in [2.24, 2.45) is 0 Å². The Labute approximate surface area is 159 Å². The normalized spacial score (nSPS) is 10.6. The SMILES string of the molecule is Cc1cccc(OCCN(C)C(=O)Cc2nc(-c3ccccc3)oc2C)c1. The number of hydrogen-bond donors (Lipinski definition) is 0. The van der Waals surface area contributed by atoms with Crippen LogP contribution in [-0.4, -0.2) is 36.0 Å². The smallest absolute Gasteiger partial charge is 0.228 e.